The summed E-state index contributed by atoms with van der Waals surface area (Å²) in [5.41, 5.74) is 2.97. The summed E-state index contributed by atoms with van der Waals surface area (Å²) in [7, 11) is 3.22. The first-order valence-corrected chi connectivity index (χ1v) is 8.09. The van der Waals surface area contributed by atoms with Crippen LogP contribution in [-0.4, -0.2) is 18.8 Å². The van der Waals surface area contributed by atoms with Crippen LogP contribution in [0.3, 0.4) is 0 Å². The van der Waals surface area contributed by atoms with E-state index in [9.17, 15) is 5.26 Å². The van der Waals surface area contributed by atoms with Crippen molar-refractivity contribution < 1.29 is 9.47 Å². The number of ether oxygens (including phenoxy) is 2. The minimum atomic E-state index is -0.292. The van der Waals surface area contributed by atoms with Gasteiger partial charge in [0.2, 0.25) is 0 Å². The van der Waals surface area contributed by atoms with Gasteiger partial charge in [-0.15, -0.1) is 0 Å². The molecule has 0 bridgehead atoms. The Morgan fingerprint density at radius 3 is 2.20 bits per heavy atom. The number of benzene rings is 2. The van der Waals surface area contributed by atoms with Crippen molar-refractivity contribution in [2.75, 3.05) is 14.2 Å². The number of rotatable bonds is 6. The van der Waals surface area contributed by atoms with Crippen LogP contribution in [0.4, 0.5) is 0 Å². The summed E-state index contributed by atoms with van der Waals surface area (Å²) < 4.78 is 12.9. The molecular weight excluding hydrogens is 312 g/mol. The number of hydrogen-bond acceptors (Lipinski definition) is 3. The molecule has 1 aromatic heterocycles. The van der Waals surface area contributed by atoms with Gasteiger partial charge in [0, 0.05) is 18.5 Å². The van der Waals surface area contributed by atoms with Crippen molar-refractivity contribution in [3.8, 4) is 23.3 Å². The standard InChI is InChI=1S/C21H20N2O2/c1-24-20-13-18(17(15-22)12-16-8-4-3-5-9-16)19(14-21(20)25-2)23-10-6-7-11-23/h3-11,13-14,17H,12H2,1-2H3. The molecule has 0 spiro atoms. The normalized spacial score (nSPS) is 11.6. The van der Waals surface area contributed by atoms with Crippen LogP contribution < -0.4 is 9.47 Å². The number of nitriles is 1. The molecule has 1 unspecified atom stereocenters. The smallest absolute Gasteiger partial charge is 0.162 e. The van der Waals surface area contributed by atoms with Crippen molar-refractivity contribution in [3.05, 3.63) is 78.1 Å². The van der Waals surface area contributed by atoms with Crippen molar-refractivity contribution in [2.24, 2.45) is 0 Å². The van der Waals surface area contributed by atoms with Gasteiger partial charge < -0.3 is 14.0 Å². The highest BCUT2D eigenvalue weighted by Crippen LogP contribution is 2.36. The molecular formula is C21H20N2O2. The molecule has 0 fully saturated rings. The molecule has 0 aliphatic heterocycles. The molecule has 2 aromatic carbocycles. The quantitative estimate of drug-likeness (QED) is 0.674. The summed E-state index contributed by atoms with van der Waals surface area (Å²) in [4.78, 5) is 0. The lowest BCUT2D eigenvalue weighted by Gasteiger charge is -2.19. The maximum Gasteiger partial charge on any atom is 0.162 e. The topological polar surface area (TPSA) is 47.2 Å². The third-order valence-corrected chi connectivity index (χ3v) is 4.23. The Bertz CT molecular complexity index is 865. The predicted molar refractivity (Wildman–Crippen MR) is 97.4 cm³/mol. The van der Waals surface area contributed by atoms with Gasteiger partial charge in [0.05, 0.1) is 31.9 Å². The lowest BCUT2D eigenvalue weighted by molar-refractivity contribution is 0.354. The molecule has 1 heterocycles. The van der Waals surface area contributed by atoms with Gasteiger partial charge in [0.1, 0.15) is 0 Å². The molecule has 1 atom stereocenters. The lowest BCUT2D eigenvalue weighted by Crippen LogP contribution is -2.07. The Hall–Kier alpha value is -3.19. The first-order valence-electron chi connectivity index (χ1n) is 8.09. The number of nitrogens with zero attached hydrogens (tertiary/aromatic N) is 2. The molecule has 4 heteroatoms. The van der Waals surface area contributed by atoms with E-state index >= 15 is 0 Å². The fraction of sp³-hybridized carbons (Fsp3) is 0.190. The van der Waals surface area contributed by atoms with Gasteiger partial charge >= 0.3 is 0 Å². The highest BCUT2D eigenvalue weighted by molar-refractivity contribution is 5.57. The molecule has 126 valence electrons. The van der Waals surface area contributed by atoms with E-state index in [-0.39, 0.29) is 5.92 Å². The summed E-state index contributed by atoms with van der Waals surface area (Å²) in [5.74, 6) is 0.979. The monoisotopic (exact) mass is 332 g/mol. The van der Waals surface area contributed by atoms with Crippen LogP contribution >= 0.6 is 0 Å². The van der Waals surface area contributed by atoms with Crippen LogP contribution in [0.15, 0.2) is 67.0 Å². The zero-order valence-corrected chi connectivity index (χ0v) is 14.3. The Balaban J connectivity index is 2.10. The van der Waals surface area contributed by atoms with Crippen molar-refractivity contribution >= 4 is 0 Å². The van der Waals surface area contributed by atoms with Crippen LogP contribution in [0, 0.1) is 11.3 Å². The molecule has 3 aromatic rings. The molecule has 0 saturated carbocycles. The van der Waals surface area contributed by atoms with E-state index in [1.165, 1.54) is 0 Å². The van der Waals surface area contributed by atoms with Crippen LogP contribution in [-0.2, 0) is 6.42 Å². The Morgan fingerprint density at radius 1 is 0.960 bits per heavy atom. The molecule has 25 heavy (non-hydrogen) atoms. The van der Waals surface area contributed by atoms with E-state index in [2.05, 4.69) is 6.07 Å². The average molecular weight is 332 g/mol. The Kier molecular flexibility index (Phi) is 5.06. The fourth-order valence-electron chi connectivity index (χ4n) is 2.96. The third-order valence-electron chi connectivity index (χ3n) is 4.23. The highest BCUT2D eigenvalue weighted by Gasteiger charge is 2.20. The number of methoxy groups -OCH3 is 2. The maximum absolute atomic E-state index is 9.82. The summed E-state index contributed by atoms with van der Waals surface area (Å²) in [6.45, 7) is 0. The minimum Gasteiger partial charge on any atom is -0.493 e. The number of aromatic nitrogens is 1. The Morgan fingerprint density at radius 2 is 1.60 bits per heavy atom. The van der Waals surface area contributed by atoms with Crippen molar-refractivity contribution in [1.29, 1.82) is 5.26 Å². The van der Waals surface area contributed by atoms with Crippen molar-refractivity contribution in [2.45, 2.75) is 12.3 Å². The largest absolute Gasteiger partial charge is 0.493 e. The van der Waals surface area contributed by atoms with Gasteiger partial charge in [-0.25, -0.2) is 0 Å². The summed E-state index contributed by atoms with van der Waals surface area (Å²) >= 11 is 0. The van der Waals surface area contributed by atoms with Gasteiger partial charge in [-0.2, -0.15) is 5.26 Å². The average Bonchev–Trinajstić information content (AvgIpc) is 3.20. The molecule has 0 aliphatic rings. The summed E-state index contributed by atoms with van der Waals surface area (Å²) in [6.07, 6.45) is 4.56. The van der Waals surface area contributed by atoms with Gasteiger partial charge in [-0.3, -0.25) is 0 Å². The van der Waals surface area contributed by atoms with Crippen molar-refractivity contribution in [3.63, 3.8) is 0 Å². The second-order valence-corrected chi connectivity index (χ2v) is 5.73. The first-order chi connectivity index (χ1) is 12.3. The minimum absolute atomic E-state index is 0.292. The van der Waals surface area contributed by atoms with Gasteiger partial charge in [-0.1, -0.05) is 30.3 Å². The van der Waals surface area contributed by atoms with E-state index in [4.69, 9.17) is 9.47 Å². The molecule has 3 rings (SSSR count). The zero-order chi connectivity index (χ0) is 17.6. The van der Waals surface area contributed by atoms with E-state index in [0.717, 1.165) is 16.8 Å². The predicted octanol–water partition coefficient (Wildman–Crippen LogP) is 4.34. The van der Waals surface area contributed by atoms with Gasteiger partial charge in [-0.05, 0) is 35.7 Å². The number of hydrogen-bond donors (Lipinski definition) is 0. The molecule has 0 saturated heterocycles. The first kappa shape index (κ1) is 16.7. The van der Waals surface area contributed by atoms with E-state index in [1.807, 2.05) is 71.6 Å². The zero-order valence-electron chi connectivity index (χ0n) is 14.3. The van der Waals surface area contributed by atoms with Gasteiger partial charge in [0.15, 0.2) is 11.5 Å². The highest BCUT2D eigenvalue weighted by atomic mass is 16.5. The second kappa shape index (κ2) is 7.59. The summed E-state index contributed by atoms with van der Waals surface area (Å²) in [6, 6.07) is 20.2. The molecule has 0 amide bonds. The SMILES string of the molecule is COc1cc(C(C#N)Cc2ccccc2)c(-n2cccc2)cc1OC. The van der Waals surface area contributed by atoms with E-state index < -0.39 is 0 Å². The third kappa shape index (κ3) is 3.51. The van der Waals surface area contributed by atoms with E-state index in [1.54, 1.807) is 14.2 Å². The Labute approximate surface area is 147 Å². The van der Waals surface area contributed by atoms with Crippen LogP contribution in [0.25, 0.3) is 5.69 Å². The summed E-state index contributed by atoms with van der Waals surface area (Å²) in [5, 5.41) is 9.82. The van der Waals surface area contributed by atoms with E-state index in [0.29, 0.717) is 17.9 Å². The van der Waals surface area contributed by atoms with Crippen molar-refractivity contribution in [1.82, 2.24) is 4.57 Å². The van der Waals surface area contributed by atoms with Crippen LogP contribution in [0.2, 0.25) is 0 Å². The molecule has 4 nitrogen and oxygen atoms in total. The fourth-order valence-corrected chi connectivity index (χ4v) is 2.96. The van der Waals surface area contributed by atoms with Crippen LogP contribution in [0.5, 0.6) is 11.5 Å². The maximum atomic E-state index is 9.82. The molecule has 0 radical (unpaired) electrons. The van der Waals surface area contributed by atoms with Gasteiger partial charge in [0.25, 0.3) is 0 Å². The second-order valence-electron chi connectivity index (χ2n) is 5.73. The lowest BCUT2D eigenvalue weighted by atomic mass is 9.91. The molecule has 0 aliphatic carbocycles. The molecule has 0 N–H and O–H groups in total. The van der Waals surface area contributed by atoms with Crippen LogP contribution in [0.1, 0.15) is 17.0 Å².